The van der Waals surface area contributed by atoms with E-state index >= 15 is 0 Å². The monoisotopic (exact) mass is 284 g/mol. The number of aliphatic carboxylic acids is 1. The Labute approximate surface area is 115 Å². The molecule has 0 spiro atoms. The number of nitrogens with one attached hydrogen (secondary N) is 1. The van der Waals surface area contributed by atoms with E-state index in [4.69, 9.17) is 14.7 Å². The number of carbonyl (C=O) groups is 2. The summed E-state index contributed by atoms with van der Waals surface area (Å²) in [5.74, 6) is -2.54. The van der Waals surface area contributed by atoms with E-state index in [0.29, 0.717) is 0 Å². The van der Waals surface area contributed by atoms with Gasteiger partial charge in [-0.2, -0.15) is 0 Å². The van der Waals surface area contributed by atoms with Gasteiger partial charge in [0.2, 0.25) is 5.91 Å². The Morgan fingerprint density at radius 2 is 2.05 bits per heavy atom. The summed E-state index contributed by atoms with van der Waals surface area (Å²) in [6.07, 6.45) is -0.421. The summed E-state index contributed by atoms with van der Waals surface area (Å²) in [5, 5.41) is 23.9. The zero-order valence-corrected chi connectivity index (χ0v) is 11.3. The van der Waals surface area contributed by atoms with E-state index < -0.39 is 30.0 Å². The molecule has 8 heteroatoms. The number of oxime groups is 1. The van der Waals surface area contributed by atoms with Crippen LogP contribution in [0.1, 0.15) is 20.8 Å². The van der Waals surface area contributed by atoms with Gasteiger partial charge >= 0.3 is 5.97 Å². The molecule has 1 amide bonds. The lowest BCUT2D eigenvalue weighted by Crippen LogP contribution is -2.55. The van der Waals surface area contributed by atoms with Crippen LogP contribution in [-0.4, -0.2) is 51.9 Å². The van der Waals surface area contributed by atoms with Crippen molar-refractivity contribution in [2.24, 2.45) is 5.16 Å². The number of hydrogen-bond acceptors (Lipinski definition) is 6. The van der Waals surface area contributed by atoms with Gasteiger partial charge in [0.25, 0.3) is 0 Å². The zero-order chi connectivity index (χ0) is 15.1. The molecule has 1 saturated heterocycles. The molecule has 0 aromatic rings. The molecular formula is C12H16N2O6. The molecule has 1 heterocycles. The number of fused-ring (bicyclic) bond motifs is 1. The van der Waals surface area contributed by atoms with E-state index in [9.17, 15) is 14.7 Å². The summed E-state index contributed by atoms with van der Waals surface area (Å²) in [6, 6.07) is -0.771. The van der Waals surface area contributed by atoms with Gasteiger partial charge in [0.15, 0.2) is 5.79 Å². The number of carboxylic acid groups (broad SMARTS) is 1. The van der Waals surface area contributed by atoms with E-state index in [0.717, 1.165) is 0 Å². The van der Waals surface area contributed by atoms with Gasteiger partial charge in [-0.15, -0.1) is 0 Å². The van der Waals surface area contributed by atoms with Gasteiger partial charge in [-0.3, -0.25) is 4.79 Å². The minimum absolute atomic E-state index is 0.0140. The van der Waals surface area contributed by atoms with E-state index in [1.165, 1.54) is 13.0 Å². The predicted molar refractivity (Wildman–Crippen MR) is 66.4 cm³/mol. The van der Waals surface area contributed by atoms with Crippen molar-refractivity contribution in [1.29, 1.82) is 0 Å². The third kappa shape index (κ3) is 2.52. The third-order valence-electron chi connectivity index (χ3n) is 3.11. The topological polar surface area (TPSA) is 117 Å². The molecular weight excluding hydrogens is 268 g/mol. The first kappa shape index (κ1) is 14.5. The number of nitrogens with zero attached hydrogens (tertiary/aromatic N) is 1. The fourth-order valence-corrected chi connectivity index (χ4v) is 2.42. The van der Waals surface area contributed by atoms with Crippen LogP contribution in [0.5, 0.6) is 0 Å². The Hall–Kier alpha value is -1.93. The molecule has 0 bridgehead atoms. The third-order valence-corrected chi connectivity index (χ3v) is 3.11. The van der Waals surface area contributed by atoms with Crippen molar-refractivity contribution in [3.63, 3.8) is 0 Å². The van der Waals surface area contributed by atoms with Gasteiger partial charge in [0.1, 0.15) is 24.0 Å². The first-order chi connectivity index (χ1) is 9.25. The average Bonchev–Trinajstić information content (AvgIpc) is 2.63. The van der Waals surface area contributed by atoms with Crippen LogP contribution in [-0.2, 0) is 19.1 Å². The second-order valence-electron chi connectivity index (χ2n) is 5.13. The molecule has 2 aliphatic rings. The molecule has 1 aliphatic carbocycles. The van der Waals surface area contributed by atoms with Crippen molar-refractivity contribution in [3.05, 3.63) is 11.6 Å². The van der Waals surface area contributed by atoms with Crippen LogP contribution in [0.2, 0.25) is 0 Å². The number of carboxylic acids is 1. The molecule has 3 atom stereocenters. The van der Waals surface area contributed by atoms with Gasteiger partial charge in [-0.05, 0) is 19.9 Å². The van der Waals surface area contributed by atoms with Gasteiger partial charge < -0.3 is 25.1 Å². The van der Waals surface area contributed by atoms with Crippen molar-refractivity contribution >= 4 is 17.6 Å². The molecule has 3 N–H and O–H groups in total. The maximum Gasteiger partial charge on any atom is 0.334 e. The number of hydrogen-bond donors (Lipinski definition) is 3. The maximum atomic E-state index is 11.3. The second-order valence-corrected chi connectivity index (χ2v) is 5.13. The average molecular weight is 284 g/mol. The fourth-order valence-electron chi connectivity index (χ4n) is 2.42. The number of carbonyl (C=O) groups excluding carboxylic acids is 1. The maximum absolute atomic E-state index is 11.3. The molecule has 1 aliphatic heterocycles. The van der Waals surface area contributed by atoms with Crippen LogP contribution < -0.4 is 5.32 Å². The molecule has 0 radical (unpaired) electrons. The second kappa shape index (κ2) is 4.88. The summed E-state index contributed by atoms with van der Waals surface area (Å²) < 4.78 is 11.2. The quantitative estimate of drug-likeness (QED) is 0.480. The van der Waals surface area contributed by atoms with Crippen molar-refractivity contribution in [1.82, 2.24) is 5.32 Å². The zero-order valence-electron chi connectivity index (χ0n) is 11.3. The summed E-state index contributed by atoms with van der Waals surface area (Å²) in [5.41, 5.74) is -0.0601. The lowest BCUT2D eigenvalue weighted by atomic mass is 9.88. The molecule has 20 heavy (non-hydrogen) atoms. The summed E-state index contributed by atoms with van der Waals surface area (Å²) >= 11 is 0. The minimum atomic E-state index is -1.19. The van der Waals surface area contributed by atoms with Gasteiger partial charge in [0, 0.05) is 6.92 Å². The number of rotatable bonds is 2. The van der Waals surface area contributed by atoms with Gasteiger partial charge in [0.05, 0.1) is 5.57 Å². The predicted octanol–water partition coefficient (Wildman–Crippen LogP) is -0.134. The Morgan fingerprint density at radius 3 is 2.55 bits per heavy atom. The minimum Gasteiger partial charge on any atom is -0.478 e. The number of ether oxygens (including phenoxy) is 2. The van der Waals surface area contributed by atoms with Gasteiger partial charge in [-0.1, -0.05) is 5.16 Å². The highest BCUT2D eigenvalue weighted by molar-refractivity contribution is 6.08. The summed E-state index contributed by atoms with van der Waals surface area (Å²) in [4.78, 5) is 22.5. The largest absolute Gasteiger partial charge is 0.478 e. The Balaban J connectivity index is 2.45. The molecule has 8 nitrogen and oxygen atoms in total. The summed E-state index contributed by atoms with van der Waals surface area (Å²) in [7, 11) is 0. The van der Waals surface area contributed by atoms with Crippen LogP contribution in [0.25, 0.3) is 0 Å². The van der Waals surface area contributed by atoms with Crippen LogP contribution in [0.4, 0.5) is 0 Å². The molecule has 2 rings (SSSR count). The van der Waals surface area contributed by atoms with Gasteiger partial charge in [-0.25, -0.2) is 4.79 Å². The highest BCUT2D eigenvalue weighted by atomic mass is 16.8. The van der Waals surface area contributed by atoms with Crippen LogP contribution in [0.15, 0.2) is 16.8 Å². The van der Waals surface area contributed by atoms with Crippen molar-refractivity contribution in [2.75, 3.05) is 0 Å². The molecule has 1 fully saturated rings. The van der Waals surface area contributed by atoms with E-state index in [2.05, 4.69) is 10.5 Å². The Kier molecular flexibility index (Phi) is 3.53. The smallest absolute Gasteiger partial charge is 0.334 e. The van der Waals surface area contributed by atoms with Crippen molar-refractivity contribution < 1.29 is 29.4 Å². The van der Waals surface area contributed by atoms with E-state index in [-0.39, 0.29) is 17.2 Å². The molecule has 0 saturated carbocycles. The summed E-state index contributed by atoms with van der Waals surface area (Å²) in [6.45, 7) is 4.60. The fraction of sp³-hybridized carbons (Fsp3) is 0.583. The van der Waals surface area contributed by atoms with Crippen LogP contribution in [0.3, 0.4) is 0 Å². The molecule has 3 unspecified atom stereocenters. The lowest BCUT2D eigenvalue weighted by molar-refractivity contribution is -0.147. The van der Waals surface area contributed by atoms with Crippen LogP contribution in [0, 0.1) is 0 Å². The normalized spacial score (nSPS) is 33.5. The Morgan fingerprint density at radius 1 is 1.40 bits per heavy atom. The lowest BCUT2D eigenvalue weighted by Gasteiger charge is -2.30. The van der Waals surface area contributed by atoms with E-state index in [1.54, 1.807) is 13.8 Å². The molecule has 0 aromatic carbocycles. The first-order valence-electron chi connectivity index (χ1n) is 6.05. The SMILES string of the molecule is CC(=O)NC1/C(=N/O)C=C(C(=O)O)C2OC(C)(C)OC21. The van der Waals surface area contributed by atoms with Crippen molar-refractivity contribution in [3.8, 4) is 0 Å². The highest BCUT2D eigenvalue weighted by Crippen LogP contribution is 2.36. The number of amides is 1. The Bertz CT molecular complexity index is 510. The van der Waals surface area contributed by atoms with E-state index in [1.807, 2.05) is 0 Å². The van der Waals surface area contributed by atoms with Crippen molar-refractivity contribution in [2.45, 2.75) is 44.8 Å². The van der Waals surface area contributed by atoms with Crippen LogP contribution >= 0.6 is 0 Å². The first-order valence-corrected chi connectivity index (χ1v) is 6.05. The standard InChI is InChI=1S/C12H16N2O6/c1-5(15)13-8-7(14-18)4-6(11(16)17)9-10(8)20-12(2,3)19-9/h4,8-10,18H,1-3H3,(H,13,15)(H,16,17)/b14-7+. The molecule has 110 valence electrons. The highest BCUT2D eigenvalue weighted by Gasteiger charge is 2.52. The molecule has 0 aromatic heterocycles.